The van der Waals surface area contributed by atoms with Gasteiger partial charge in [-0.3, -0.25) is 4.98 Å². The van der Waals surface area contributed by atoms with Gasteiger partial charge in [0.15, 0.2) is 0 Å². The molecule has 2 heterocycles. The number of hydrogen-bond acceptors (Lipinski definition) is 3. The second kappa shape index (κ2) is 4.90. The Hall–Kier alpha value is -1.68. The number of aromatic nitrogens is 3. The molecule has 0 aliphatic carbocycles. The molecule has 0 aromatic carbocycles. The van der Waals surface area contributed by atoms with Gasteiger partial charge in [-0.15, -0.1) is 0 Å². The Kier molecular flexibility index (Phi) is 3.31. The number of aryl methyl sites for hydroxylation is 1. The van der Waals surface area contributed by atoms with Crippen molar-refractivity contribution in [3.63, 3.8) is 0 Å². The molecule has 0 aliphatic heterocycles. The minimum Gasteiger partial charge on any atom is -0.329 e. The lowest BCUT2D eigenvalue weighted by atomic mass is 10.1. The maximum Gasteiger partial charge on any atom is 0.0951 e. The summed E-state index contributed by atoms with van der Waals surface area (Å²) in [6.45, 7) is 3.77. The summed E-state index contributed by atoms with van der Waals surface area (Å²) in [5.74, 6) is 0. The zero-order valence-electron chi connectivity index (χ0n) is 9.64. The van der Waals surface area contributed by atoms with Gasteiger partial charge < -0.3 is 9.88 Å². The highest BCUT2D eigenvalue weighted by atomic mass is 15.1. The minimum atomic E-state index is 0.837. The molecule has 4 nitrogen and oxygen atoms in total. The number of nitrogens with zero attached hydrogens (tertiary/aromatic N) is 3. The molecule has 84 valence electrons. The zero-order valence-corrected chi connectivity index (χ0v) is 9.64. The van der Waals surface area contributed by atoms with E-state index in [0.29, 0.717) is 0 Å². The van der Waals surface area contributed by atoms with E-state index < -0.39 is 0 Å². The van der Waals surface area contributed by atoms with Crippen LogP contribution in [0.2, 0.25) is 0 Å². The van der Waals surface area contributed by atoms with E-state index in [1.54, 1.807) is 0 Å². The highest BCUT2D eigenvalue weighted by Gasteiger charge is 2.03. The molecule has 2 aromatic heterocycles. The maximum atomic E-state index is 4.17. The van der Waals surface area contributed by atoms with Crippen molar-refractivity contribution in [2.75, 3.05) is 7.05 Å². The van der Waals surface area contributed by atoms with Gasteiger partial charge in [-0.2, -0.15) is 0 Å². The third kappa shape index (κ3) is 2.28. The Morgan fingerprint density at radius 1 is 1.31 bits per heavy atom. The van der Waals surface area contributed by atoms with E-state index in [9.17, 15) is 0 Å². The fourth-order valence-electron chi connectivity index (χ4n) is 1.68. The number of nitrogens with one attached hydrogen (secondary N) is 1. The topological polar surface area (TPSA) is 42.7 Å². The molecule has 0 saturated heterocycles. The summed E-state index contributed by atoms with van der Waals surface area (Å²) < 4.78 is 2.15. The van der Waals surface area contributed by atoms with Crippen molar-refractivity contribution in [3.8, 4) is 0 Å². The highest BCUT2D eigenvalue weighted by Crippen LogP contribution is 2.09. The molecule has 0 spiro atoms. The molecule has 2 aromatic rings. The van der Waals surface area contributed by atoms with Gasteiger partial charge in [0.25, 0.3) is 0 Å². The molecule has 0 radical (unpaired) electrons. The van der Waals surface area contributed by atoms with E-state index in [-0.39, 0.29) is 0 Å². The first-order chi connectivity index (χ1) is 7.81. The summed E-state index contributed by atoms with van der Waals surface area (Å²) in [4.78, 5) is 8.27. The van der Waals surface area contributed by atoms with Gasteiger partial charge in [0.05, 0.1) is 12.0 Å². The molecule has 0 unspecified atom stereocenters. The SMILES string of the molecule is CNCc1cncn1Cc1ccncc1C. The van der Waals surface area contributed by atoms with Gasteiger partial charge in [-0.05, 0) is 31.2 Å². The normalized spacial score (nSPS) is 10.6. The molecule has 0 bridgehead atoms. The number of hydrogen-bond donors (Lipinski definition) is 1. The standard InChI is InChI=1S/C12H16N4/c1-10-5-14-4-3-11(10)8-16-9-15-7-12(16)6-13-2/h3-5,7,9,13H,6,8H2,1-2H3. The molecule has 2 rings (SSSR count). The van der Waals surface area contributed by atoms with Crippen LogP contribution in [-0.4, -0.2) is 21.6 Å². The summed E-state index contributed by atoms with van der Waals surface area (Å²) in [6, 6.07) is 2.05. The smallest absolute Gasteiger partial charge is 0.0951 e. The second-order valence-corrected chi connectivity index (χ2v) is 3.85. The van der Waals surface area contributed by atoms with E-state index in [4.69, 9.17) is 0 Å². The molecule has 1 N–H and O–H groups in total. The van der Waals surface area contributed by atoms with Crippen LogP contribution in [0, 0.1) is 6.92 Å². The van der Waals surface area contributed by atoms with Gasteiger partial charge >= 0.3 is 0 Å². The number of imidazole rings is 1. The van der Waals surface area contributed by atoms with E-state index in [1.165, 1.54) is 16.8 Å². The molecule has 4 heteroatoms. The van der Waals surface area contributed by atoms with Crippen LogP contribution < -0.4 is 5.32 Å². The number of rotatable bonds is 4. The van der Waals surface area contributed by atoms with Crippen molar-refractivity contribution in [2.24, 2.45) is 0 Å². The van der Waals surface area contributed by atoms with E-state index in [0.717, 1.165) is 13.1 Å². The van der Waals surface area contributed by atoms with Crippen LogP contribution in [0.15, 0.2) is 31.0 Å². The predicted molar refractivity (Wildman–Crippen MR) is 63.1 cm³/mol. The van der Waals surface area contributed by atoms with Crippen LogP contribution in [0.25, 0.3) is 0 Å². The van der Waals surface area contributed by atoms with Crippen molar-refractivity contribution < 1.29 is 0 Å². The van der Waals surface area contributed by atoms with Crippen molar-refractivity contribution in [1.82, 2.24) is 19.9 Å². The van der Waals surface area contributed by atoms with Crippen LogP contribution in [0.5, 0.6) is 0 Å². The molecule has 0 fully saturated rings. The van der Waals surface area contributed by atoms with Gasteiger partial charge in [0, 0.05) is 31.7 Å². The first-order valence-electron chi connectivity index (χ1n) is 5.34. The summed E-state index contributed by atoms with van der Waals surface area (Å²) in [5, 5.41) is 3.14. The molecular formula is C12H16N4. The van der Waals surface area contributed by atoms with Crippen LogP contribution in [0.3, 0.4) is 0 Å². The van der Waals surface area contributed by atoms with E-state index in [1.807, 2.05) is 32.0 Å². The van der Waals surface area contributed by atoms with Crippen molar-refractivity contribution >= 4 is 0 Å². The molecule has 0 aliphatic rings. The Balaban J connectivity index is 2.20. The minimum absolute atomic E-state index is 0.837. The lowest BCUT2D eigenvalue weighted by molar-refractivity contribution is 0.690. The Morgan fingerprint density at radius 2 is 2.19 bits per heavy atom. The molecular weight excluding hydrogens is 200 g/mol. The maximum absolute atomic E-state index is 4.17. The van der Waals surface area contributed by atoms with Crippen LogP contribution >= 0.6 is 0 Å². The van der Waals surface area contributed by atoms with Gasteiger partial charge in [0.2, 0.25) is 0 Å². The van der Waals surface area contributed by atoms with E-state index in [2.05, 4.69) is 32.8 Å². The van der Waals surface area contributed by atoms with Crippen molar-refractivity contribution in [1.29, 1.82) is 0 Å². The van der Waals surface area contributed by atoms with Gasteiger partial charge in [-0.1, -0.05) is 0 Å². The Labute approximate surface area is 95.4 Å². The lowest BCUT2D eigenvalue weighted by Gasteiger charge is -2.09. The summed E-state index contributed by atoms with van der Waals surface area (Å²) >= 11 is 0. The third-order valence-corrected chi connectivity index (χ3v) is 2.63. The van der Waals surface area contributed by atoms with Gasteiger partial charge in [0.1, 0.15) is 0 Å². The van der Waals surface area contributed by atoms with Gasteiger partial charge in [-0.25, -0.2) is 4.98 Å². The van der Waals surface area contributed by atoms with Crippen LogP contribution in [0.4, 0.5) is 0 Å². The molecule has 0 amide bonds. The first kappa shape index (κ1) is 10.8. The average molecular weight is 216 g/mol. The highest BCUT2D eigenvalue weighted by molar-refractivity contribution is 5.22. The van der Waals surface area contributed by atoms with Crippen LogP contribution in [0.1, 0.15) is 16.8 Å². The van der Waals surface area contributed by atoms with Crippen molar-refractivity contribution in [2.45, 2.75) is 20.0 Å². The Morgan fingerprint density at radius 3 is 2.94 bits per heavy atom. The van der Waals surface area contributed by atoms with Crippen molar-refractivity contribution in [3.05, 3.63) is 47.8 Å². The van der Waals surface area contributed by atoms with Crippen LogP contribution in [-0.2, 0) is 13.1 Å². The molecule has 16 heavy (non-hydrogen) atoms. The quantitative estimate of drug-likeness (QED) is 0.839. The summed E-state index contributed by atoms with van der Waals surface area (Å²) in [5.41, 5.74) is 3.69. The fraction of sp³-hybridized carbons (Fsp3) is 0.333. The summed E-state index contributed by atoms with van der Waals surface area (Å²) in [7, 11) is 1.94. The molecule has 0 saturated carbocycles. The fourth-order valence-corrected chi connectivity index (χ4v) is 1.68. The number of pyridine rings is 1. The molecule has 0 atom stereocenters. The predicted octanol–water partition coefficient (Wildman–Crippen LogP) is 1.35. The zero-order chi connectivity index (χ0) is 11.4. The lowest BCUT2D eigenvalue weighted by Crippen LogP contribution is -2.11. The third-order valence-electron chi connectivity index (χ3n) is 2.63. The van der Waals surface area contributed by atoms with E-state index >= 15 is 0 Å². The Bertz CT molecular complexity index is 462. The average Bonchev–Trinajstić information content (AvgIpc) is 2.70. The largest absolute Gasteiger partial charge is 0.329 e. The second-order valence-electron chi connectivity index (χ2n) is 3.85. The first-order valence-corrected chi connectivity index (χ1v) is 5.34. The summed E-state index contributed by atoms with van der Waals surface area (Å²) in [6.07, 6.45) is 7.49. The monoisotopic (exact) mass is 216 g/mol.